The fraction of sp³-hybridized carbons (Fsp3) is 0.304. The van der Waals surface area contributed by atoms with Gasteiger partial charge in [-0.1, -0.05) is 36.4 Å². The Morgan fingerprint density at radius 1 is 1.12 bits per heavy atom. The molecular weight excluding hydrogens is 416 g/mol. The second-order valence-corrected chi connectivity index (χ2v) is 6.89. The molecule has 0 amide bonds. The van der Waals surface area contributed by atoms with Gasteiger partial charge in [-0.15, -0.1) is 0 Å². The van der Waals surface area contributed by atoms with Crippen molar-refractivity contribution >= 4 is 5.96 Å². The summed E-state index contributed by atoms with van der Waals surface area (Å²) in [6.45, 7) is 0.721. The van der Waals surface area contributed by atoms with E-state index < -0.39 is 6.61 Å². The van der Waals surface area contributed by atoms with Crippen molar-refractivity contribution in [3.05, 3.63) is 77.9 Å². The lowest BCUT2D eigenvalue weighted by atomic mass is 10.1. The molecule has 0 unspecified atom stereocenters. The molecule has 3 rings (SSSR count). The van der Waals surface area contributed by atoms with Gasteiger partial charge in [-0.25, -0.2) is 4.98 Å². The van der Waals surface area contributed by atoms with Crippen molar-refractivity contribution in [1.82, 2.24) is 20.2 Å². The number of aliphatic imine (C=N–C) groups is 1. The Labute approximate surface area is 186 Å². The number of nitrogens with zero attached hydrogens (tertiary/aromatic N) is 3. The summed E-state index contributed by atoms with van der Waals surface area (Å²) < 4.78 is 38.0. The molecule has 0 aliphatic rings. The molecule has 0 aliphatic carbocycles. The van der Waals surface area contributed by atoms with E-state index in [2.05, 4.69) is 32.7 Å². The summed E-state index contributed by atoms with van der Waals surface area (Å²) >= 11 is 0. The Morgan fingerprint density at radius 3 is 2.62 bits per heavy atom. The lowest BCUT2D eigenvalue weighted by Crippen LogP contribution is -2.36. The molecule has 0 saturated heterocycles. The van der Waals surface area contributed by atoms with Crippen molar-refractivity contribution in [2.24, 2.45) is 4.99 Å². The normalized spacial score (nSPS) is 11.5. The van der Waals surface area contributed by atoms with Crippen LogP contribution in [0.25, 0.3) is 0 Å². The van der Waals surface area contributed by atoms with Gasteiger partial charge in [0, 0.05) is 44.6 Å². The van der Waals surface area contributed by atoms with Crippen LogP contribution in [-0.2, 0) is 19.6 Å². The van der Waals surface area contributed by atoms with E-state index in [1.54, 1.807) is 44.7 Å². The first-order valence-corrected chi connectivity index (χ1v) is 10.3. The molecule has 1 heterocycles. The molecule has 170 valence electrons. The molecule has 0 aliphatic heterocycles. The Kier molecular flexibility index (Phi) is 8.42. The summed E-state index contributed by atoms with van der Waals surface area (Å²) in [7, 11) is 1.65. The van der Waals surface area contributed by atoms with Crippen molar-refractivity contribution in [3.63, 3.8) is 0 Å². The minimum Gasteiger partial charge on any atom is -0.490 e. The predicted octanol–water partition coefficient (Wildman–Crippen LogP) is 3.80. The van der Waals surface area contributed by atoms with Crippen LogP contribution in [0.2, 0.25) is 0 Å². The van der Waals surface area contributed by atoms with Crippen molar-refractivity contribution in [2.75, 3.05) is 13.7 Å². The topological polar surface area (TPSA) is 72.7 Å². The highest BCUT2D eigenvalue weighted by Crippen LogP contribution is 2.32. The Balaban J connectivity index is 1.60. The molecule has 0 fully saturated rings. The molecule has 2 aromatic carbocycles. The number of benzene rings is 2. The number of alkyl halides is 2. The molecule has 0 spiro atoms. The van der Waals surface area contributed by atoms with E-state index in [1.165, 1.54) is 0 Å². The van der Waals surface area contributed by atoms with Gasteiger partial charge < -0.3 is 24.7 Å². The third kappa shape index (κ3) is 6.69. The number of imidazole rings is 1. The van der Waals surface area contributed by atoms with Gasteiger partial charge in [0.15, 0.2) is 17.5 Å². The molecule has 1 aromatic heterocycles. The van der Waals surface area contributed by atoms with Crippen LogP contribution in [0.5, 0.6) is 11.5 Å². The summed E-state index contributed by atoms with van der Waals surface area (Å²) in [5.41, 5.74) is 2.79. The van der Waals surface area contributed by atoms with E-state index in [0.717, 1.165) is 17.7 Å². The fourth-order valence-corrected chi connectivity index (χ4v) is 3.21. The van der Waals surface area contributed by atoms with E-state index in [4.69, 9.17) is 9.47 Å². The summed E-state index contributed by atoms with van der Waals surface area (Å²) in [6.07, 6.45) is 5.45. The summed E-state index contributed by atoms with van der Waals surface area (Å²) in [5, 5.41) is 6.38. The van der Waals surface area contributed by atoms with Gasteiger partial charge in [-0.05, 0) is 24.1 Å². The van der Waals surface area contributed by atoms with Gasteiger partial charge in [0.2, 0.25) is 0 Å². The van der Waals surface area contributed by atoms with Crippen LogP contribution in [-0.4, -0.2) is 35.8 Å². The van der Waals surface area contributed by atoms with Gasteiger partial charge in [0.05, 0.1) is 12.9 Å². The molecule has 0 atom stereocenters. The first-order chi connectivity index (χ1) is 15.6. The average molecular weight is 443 g/mol. The van der Waals surface area contributed by atoms with Crippen LogP contribution in [0.15, 0.2) is 66.2 Å². The third-order valence-electron chi connectivity index (χ3n) is 4.61. The molecule has 9 heteroatoms. The zero-order valence-corrected chi connectivity index (χ0v) is 18.1. The van der Waals surface area contributed by atoms with Crippen molar-refractivity contribution in [1.29, 1.82) is 0 Å². The van der Waals surface area contributed by atoms with Crippen molar-refractivity contribution < 1.29 is 18.3 Å². The smallest absolute Gasteiger partial charge is 0.387 e. The number of aromatic nitrogens is 2. The Hall–Kier alpha value is -3.62. The Morgan fingerprint density at radius 2 is 1.91 bits per heavy atom. The van der Waals surface area contributed by atoms with Gasteiger partial charge in [0.25, 0.3) is 0 Å². The maximum absolute atomic E-state index is 12.9. The number of ether oxygens (including phenoxy) is 2. The number of hydrogen-bond acceptors (Lipinski definition) is 4. The maximum atomic E-state index is 12.9. The van der Waals surface area contributed by atoms with Crippen LogP contribution in [0.3, 0.4) is 0 Å². The predicted molar refractivity (Wildman–Crippen MR) is 119 cm³/mol. The van der Waals surface area contributed by atoms with Gasteiger partial charge in [-0.2, -0.15) is 8.78 Å². The van der Waals surface area contributed by atoms with E-state index in [-0.39, 0.29) is 18.0 Å². The second kappa shape index (κ2) is 11.7. The molecule has 0 radical (unpaired) electrons. The molecule has 2 N–H and O–H groups in total. The van der Waals surface area contributed by atoms with E-state index in [9.17, 15) is 8.78 Å². The van der Waals surface area contributed by atoms with Crippen LogP contribution in [0, 0.1) is 0 Å². The number of rotatable bonds is 10. The molecule has 0 bridgehead atoms. The zero-order valence-electron chi connectivity index (χ0n) is 18.1. The summed E-state index contributed by atoms with van der Waals surface area (Å²) in [4.78, 5) is 8.28. The lowest BCUT2D eigenvalue weighted by Gasteiger charge is -2.17. The highest BCUT2D eigenvalue weighted by atomic mass is 19.3. The van der Waals surface area contributed by atoms with E-state index >= 15 is 0 Å². The minimum atomic E-state index is -2.94. The highest BCUT2D eigenvalue weighted by molar-refractivity contribution is 5.79. The largest absolute Gasteiger partial charge is 0.490 e. The third-order valence-corrected chi connectivity index (χ3v) is 4.61. The average Bonchev–Trinajstić information content (AvgIpc) is 3.29. The van der Waals surface area contributed by atoms with Gasteiger partial charge in [-0.3, -0.25) is 4.99 Å². The fourth-order valence-electron chi connectivity index (χ4n) is 3.21. The van der Waals surface area contributed by atoms with Crippen LogP contribution < -0.4 is 20.1 Å². The number of para-hydroxylation sites is 1. The number of halogens is 2. The number of hydrogen-bond donors (Lipinski definition) is 2. The highest BCUT2D eigenvalue weighted by Gasteiger charge is 2.16. The monoisotopic (exact) mass is 443 g/mol. The summed E-state index contributed by atoms with van der Waals surface area (Å²) in [6, 6.07) is 13.3. The lowest BCUT2D eigenvalue weighted by molar-refractivity contribution is -0.0520. The van der Waals surface area contributed by atoms with Gasteiger partial charge in [0.1, 0.15) is 0 Å². The first-order valence-electron chi connectivity index (χ1n) is 10.3. The van der Waals surface area contributed by atoms with Crippen molar-refractivity contribution in [3.8, 4) is 11.5 Å². The maximum Gasteiger partial charge on any atom is 0.387 e. The standard InChI is InChI=1S/C23H27F2N5O2/c1-3-31-20-9-5-8-19(21(20)32-22(24)25)14-29-23(26-2)28-13-17-6-4-7-18(12-17)15-30-11-10-27-16-30/h4-12,16,22H,3,13-15H2,1-2H3,(H2,26,28,29). The molecule has 3 aromatic rings. The van der Waals surface area contributed by atoms with Crippen LogP contribution in [0.1, 0.15) is 23.6 Å². The molecular formula is C23H27F2N5O2. The second-order valence-electron chi connectivity index (χ2n) is 6.89. The molecule has 32 heavy (non-hydrogen) atoms. The minimum absolute atomic E-state index is 0.0273. The van der Waals surface area contributed by atoms with Crippen molar-refractivity contribution in [2.45, 2.75) is 33.2 Å². The molecule has 0 saturated carbocycles. The zero-order chi connectivity index (χ0) is 22.8. The van der Waals surface area contributed by atoms with E-state index in [1.807, 2.05) is 22.9 Å². The SMILES string of the molecule is CCOc1cccc(CNC(=NC)NCc2cccc(Cn3ccnc3)c2)c1OC(F)F. The molecule has 7 nitrogen and oxygen atoms in total. The van der Waals surface area contributed by atoms with E-state index in [0.29, 0.717) is 24.7 Å². The summed E-state index contributed by atoms with van der Waals surface area (Å²) in [5.74, 6) is 0.846. The quantitative estimate of drug-likeness (QED) is 0.368. The van der Waals surface area contributed by atoms with Crippen LogP contribution >= 0.6 is 0 Å². The van der Waals surface area contributed by atoms with Crippen LogP contribution in [0.4, 0.5) is 8.78 Å². The van der Waals surface area contributed by atoms with Gasteiger partial charge >= 0.3 is 6.61 Å². The Bertz CT molecular complexity index is 1010. The first kappa shape index (κ1) is 23.1. The number of nitrogens with one attached hydrogen (secondary N) is 2. The number of guanidine groups is 1.